The van der Waals surface area contributed by atoms with Crippen molar-refractivity contribution in [3.63, 3.8) is 0 Å². The fraction of sp³-hybridized carbons (Fsp3) is 0. The summed E-state index contributed by atoms with van der Waals surface area (Å²) in [5, 5.41) is 20.2. The summed E-state index contributed by atoms with van der Waals surface area (Å²) in [6.07, 6.45) is 38.9. The molecule has 12 rings (SSSR count). The molecular weight excluding hydrogens is 590 g/mol. The fourth-order valence-electron chi connectivity index (χ4n) is 10.9. The number of allylic oxidation sites excluding steroid dienone is 24. The second kappa shape index (κ2) is 7.40. The second-order valence-electron chi connectivity index (χ2n) is 13.7. The molecule has 46 heavy (non-hydrogen) atoms. The predicted octanol–water partition coefficient (Wildman–Crippen LogP) is 11.4. The molecule has 0 amide bonds. The molecule has 0 saturated carbocycles. The van der Waals surface area contributed by atoms with Gasteiger partial charge in [-0.1, -0.05) is 0 Å². The third-order valence-electron chi connectivity index (χ3n) is 12.6. The van der Waals surface area contributed by atoms with Crippen LogP contribution in [0.2, 0.25) is 0 Å². The summed E-state index contributed by atoms with van der Waals surface area (Å²) in [6, 6.07) is 28.1. The quantitative estimate of drug-likeness (QED) is 0.200. The molecule has 4 aromatic rings. The average molecular weight is 619 g/mol. The summed E-state index contributed by atoms with van der Waals surface area (Å²) in [5.41, 5.74) is 2.85. The maximum absolute atomic E-state index is 3.06. The monoisotopic (exact) mass is 618 g/mol. The zero-order valence-electron chi connectivity index (χ0n) is 25.1. The van der Waals surface area contributed by atoms with Gasteiger partial charge in [0.05, 0.1) is 0 Å². The Morgan fingerprint density at radius 3 is 0.848 bits per heavy atom. The number of rotatable bonds is 3. The van der Waals surface area contributed by atoms with E-state index in [4.69, 9.17) is 0 Å². The van der Waals surface area contributed by atoms with E-state index in [-0.39, 0.29) is 0 Å². The van der Waals surface area contributed by atoms with Gasteiger partial charge in [-0.2, -0.15) is 0 Å². The SMILES string of the molecule is C1=CC2=CC=C1P21(c2ccc3ccccc3c2-c2c(P34(C5=CC=C3C=C5)C3=CC=C4C=C3)ccc3ccccc23)C2=CC=C1C=C2. The van der Waals surface area contributed by atoms with Gasteiger partial charge in [0.2, 0.25) is 0 Å². The topological polar surface area (TPSA) is 0 Å². The summed E-state index contributed by atoms with van der Waals surface area (Å²) < 4.78 is 0. The van der Waals surface area contributed by atoms with Crippen molar-refractivity contribution in [3.05, 3.63) is 213 Å². The molecule has 0 aliphatic carbocycles. The molecule has 8 aliphatic rings. The Balaban J connectivity index is 1.34. The Kier molecular flexibility index (Phi) is 3.92. The molecule has 2 spiro atoms. The third-order valence-corrected chi connectivity index (χ3v) is 25.9. The van der Waals surface area contributed by atoms with E-state index in [0.717, 1.165) is 0 Å². The molecule has 0 nitrogen and oxygen atoms in total. The first-order valence-corrected chi connectivity index (χ1v) is 20.7. The van der Waals surface area contributed by atoms with Crippen LogP contribution in [-0.4, -0.2) is 0 Å². The van der Waals surface area contributed by atoms with E-state index >= 15 is 0 Å². The van der Waals surface area contributed by atoms with E-state index in [1.165, 1.54) is 85.8 Å². The molecule has 0 aromatic heterocycles. The van der Waals surface area contributed by atoms with Crippen LogP contribution >= 0.6 is 13.2 Å². The second-order valence-corrected chi connectivity index (χ2v) is 23.2. The van der Waals surface area contributed by atoms with Crippen molar-refractivity contribution in [2.75, 3.05) is 0 Å². The molecule has 0 atom stereocenters. The zero-order valence-corrected chi connectivity index (χ0v) is 26.8. The Morgan fingerprint density at radius 2 is 0.565 bits per heavy atom. The van der Waals surface area contributed by atoms with E-state index in [1.807, 2.05) is 0 Å². The zero-order chi connectivity index (χ0) is 29.9. The van der Waals surface area contributed by atoms with Gasteiger partial charge in [-0.15, -0.1) is 0 Å². The van der Waals surface area contributed by atoms with Crippen LogP contribution in [0, 0.1) is 0 Å². The van der Waals surface area contributed by atoms with Gasteiger partial charge < -0.3 is 0 Å². The van der Waals surface area contributed by atoms with Gasteiger partial charge in [0.1, 0.15) is 0 Å². The minimum atomic E-state index is -3.06. The van der Waals surface area contributed by atoms with Gasteiger partial charge in [-0.25, -0.2) is 0 Å². The van der Waals surface area contributed by atoms with Gasteiger partial charge in [0.15, 0.2) is 0 Å². The molecule has 0 radical (unpaired) electrons. The normalized spacial score (nSPS) is 25.7. The molecule has 2 heteroatoms. The molecule has 0 unspecified atom stereocenters. The van der Waals surface area contributed by atoms with Gasteiger partial charge >= 0.3 is 269 Å². The van der Waals surface area contributed by atoms with Gasteiger partial charge in [0.25, 0.3) is 0 Å². The predicted molar refractivity (Wildman–Crippen MR) is 201 cm³/mol. The Morgan fingerprint density at radius 1 is 0.283 bits per heavy atom. The molecule has 8 bridgehead atoms. The van der Waals surface area contributed by atoms with Crippen LogP contribution < -0.4 is 10.6 Å². The van der Waals surface area contributed by atoms with Crippen molar-refractivity contribution in [2.24, 2.45) is 0 Å². The first-order chi connectivity index (χ1) is 22.7. The molecule has 0 fully saturated rings. The van der Waals surface area contributed by atoms with Crippen LogP contribution in [0.15, 0.2) is 213 Å². The molecule has 8 aliphatic heterocycles. The van der Waals surface area contributed by atoms with Gasteiger partial charge in [-0.05, 0) is 0 Å². The minimum absolute atomic E-state index is 1.30. The Hall–Kier alpha value is -4.86. The van der Waals surface area contributed by atoms with Gasteiger partial charge in [-0.3, -0.25) is 0 Å². The van der Waals surface area contributed by atoms with Crippen LogP contribution in [0.5, 0.6) is 0 Å². The Bertz CT molecular complexity index is 2310. The van der Waals surface area contributed by atoms with Crippen molar-refractivity contribution in [1.82, 2.24) is 0 Å². The number of hydrogen-bond donors (Lipinski definition) is 0. The van der Waals surface area contributed by atoms with E-state index in [9.17, 15) is 0 Å². The molecule has 0 N–H and O–H groups in total. The summed E-state index contributed by atoms with van der Waals surface area (Å²) in [7, 11) is 0. The average Bonchev–Trinajstić information content (AvgIpc) is 4.02. The van der Waals surface area contributed by atoms with Crippen LogP contribution in [0.3, 0.4) is 0 Å². The van der Waals surface area contributed by atoms with Crippen LogP contribution in [0.25, 0.3) is 32.7 Å². The number of benzene rings is 4. The number of fused-ring (bicyclic) bond motifs is 2. The molecular formula is C44H28P2. The van der Waals surface area contributed by atoms with Crippen LogP contribution in [0.1, 0.15) is 0 Å². The van der Waals surface area contributed by atoms with Crippen LogP contribution in [0.4, 0.5) is 0 Å². The molecule has 0 saturated heterocycles. The Labute approximate surface area is 268 Å². The first kappa shape index (κ1) is 24.4. The molecule has 4 aromatic carbocycles. The number of hydrogen-bond acceptors (Lipinski definition) is 0. The molecule has 8 heterocycles. The van der Waals surface area contributed by atoms with Crippen molar-refractivity contribution >= 4 is 45.4 Å². The van der Waals surface area contributed by atoms with Crippen molar-refractivity contribution < 1.29 is 0 Å². The van der Waals surface area contributed by atoms with Crippen molar-refractivity contribution in [3.8, 4) is 11.1 Å². The van der Waals surface area contributed by atoms with E-state index in [2.05, 4.69) is 170 Å². The van der Waals surface area contributed by atoms with E-state index in [1.54, 1.807) is 0 Å². The third kappa shape index (κ3) is 2.04. The summed E-state index contributed by atoms with van der Waals surface area (Å²) in [6.45, 7) is -6.11. The van der Waals surface area contributed by atoms with E-state index < -0.39 is 13.2 Å². The molecule has 214 valence electrons. The van der Waals surface area contributed by atoms with E-state index in [0.29, 0.717) is 0 Å². The maximum atomic E-state index is 2.53. The summed E-state index contributed by atoms with van der Waals surface area (Å²) >= 11 is 0. The summed E-state index contributed by atoms with van der Waals surface area (Å²) in [5.74, 6) is 0. The fourth-order valence-corrected chi connectivity index (χ4v) is 24.8. The van der Waals surface area contributed by atoms with Crippen molar-refractivity contribution in [1.29, 1.82) is 0 Å². The summed E-state index contributed by atoms with van der Waals surface area (Å²) in [4.78, 5) is 0. The van der Waals surface area contributed by atoms with Crippen LogP contribution in [-0.2, 0) is 0 Å². The first-order valence-electron chi connectivity index (χ1n) is 16.2. The van der Waals surface area contributed by atoms with Crippen molar-refractivity contribution in [2.45, 2.75) is 0 Å². The van der Waals surface area contributed by atoms with Gasteiger partial charge in [0, 0.05) is 0 Å². The standard InChI is InChI=1S/C44H28P2/c1-3-7-39-29(5-1)9-27-41(45(31-11-12-32(45)14-13-31)33-15-16-34(45)18-17-33)43(39)44-40-8-4-2-6-30(40)10-28-42(44)46(35-19-20-36(46)22-21-35)37-23-24-38(46)26-25-37/h1-28H.